The summed E-state index contributed by atoms with van der Waals surface area (Å²) in [6.07, 6.45) is 0. The molecular weight excluding hydrogens is 306 g/mol. The van der Waals surface area contributed by atoms with E-state index in [4.69, 9.17) is 9.84 Å². The lowest BCUT2D eigenvalue weighted by atomic mass is 9.99. The van der Waals surface area contributed by atoms with Gasteiger partial charge in [-0.05, 0) is 49.6 Å². The normalized spacial score (nSPS) is 10.3. The molecule has 0 spiro atoms. The minimum absolute atomic E-state index is 0.123. The van der Waals surface area contributed by atoms with Crippen molar-refractivity contribution in [1.82, 2.24) is 5.32 Å². The molecule has 2 N–H and O–H groups in total. The number of carbonyl (C=O) groups is 2. The van der Waals surface area contributed by atoms with Crippen molar-refractivity contribution in [2.24, 2.45) is 0 Å². The molecule has 1 amide bonds. The van der Waals surface area contributed by atoms with Crippen molar-refractivity contribution in [1.29, 1.82) is 0 Å². The summed E-state index contributed by atoms with van der Waals surface area (Å²) < 4.78 is 5.14. The lowest BCUT2D eigenvalue weighted by Crippen LogP contribution is -2.24. The van der Waals surface area contributed by atoms with Crippen LogP contribution in [0.2, 0.25) is 0 Å². The lowest BCUT2D eigenvalue weighted by Gasteiger charge is -2.12. The number of amides is 1. The Labute approximate surface area is 141 Å². The van der Waals surface area contributed by atoms with Crippen molar-refractivity contribution in [2.45, 2.75) is 27.3 Å². The highest BCUT2D eigenvalue weighted by Crippen LogP contribution is 2.17. The number of carboxylic acids is 1. The van der Waals surface area contributed by atoms with Crippen LogP contribution in [0.1, 0.15) is 32.6 Å². The van der Waals surface area contributed by atoms with Crippen LogP contribution in [0.25, 0.3) is 0 Å². The Hall–Kier alpha value is -2.82. The summed E-state index contributed by atoms with van der Waals surface area (Å²) in [4.78, 5) is 23.0. The summed E-state index contributed by atoms with van der Waals surface area (Å²) in [5.41, 5.74) is 4.56. The molecule has 126 valence electrons. The zero-order chi connectivity index (χ0) is 17.7. The number of nitrogens with one attached hydrogen (secondary N) is 1. The summed E-state index contributed by atoms with van der Waals surface area (Å²) in [5, 5.41) is 11.5. The number of rotatable bonds is 6. The van der Waals surface area contributed by atoms with E-state index in [0.717, 1.165) is 22.3 Å². The SMILES string of the molecule is Cc1cc(C)c(C(=O)NCc2cccc(OCC(=O)O)c2)c(C)c1. The number of benzene rings is 2. The van der Waals surface area contributed by atoms with Gasteiger partial charge in [-0.3, -0.25) is 4.79 Å². The van der Waals surface area contributed by atoms with Crippen molar-refractivity contribution in [3.05, 3.63) is 64.2 Å². The van der Waals surface area contributed by atoms with Crippen LogP contribution in [-0.4, -0.2) is 23.6 Å². The molecule has 0 aliphatic rings. The molecule has 2 aromatic carbocycles. The number of ether oxygens (including phenoxy) is 1. The Balaban J connectivity index is 2.04. The lowest BCUT2D eigenvalue weighted by molar-refractivity contribution is -0.139. The van der Waals surface area contributed by atoms with E-state index in [2.05, 4.69) is 5.32 Å². The maximum absolute atomic E-state index is 12.5. The van der Waals surface area contributed by atoms with Gasteiger partial charge in [-0.25, -0.2) is 4.79 Å². The van der Waals surface area contributed by atoms with Crippen LogP contribution in [-0.2, 0) is 11.3 Å². The van der Waals surface area contributed by atoms with Crippen LogP contribution in [0.3, 0.4) is 0 Å². The molecular formula is C19H21NO4. The van der Waals surface area contributed by atoms with E-state index in [1.54, 1.807) is 18.2 Å². The first-order valence-corrected chi connectivity index (χ1v) is 7.66. The van der Waals surface area contributed by atoms with Gasteiger partial charge in [0.1, 0.15) is 5.75 Å². The largest absolute Gasteiger partial charge is 0.482 e. The first-order valence-electron chi connectivity index (χ1n) is 7.66. The Bertz CT molecular complexity index is 745. The monoisotopic (exact) mass is 327 g/mol. The standard InChI is InChI=1S/C19H21NO4/c1-12-7-13(2)18(14(3)8-12)19(23)20-10-15-5-4-6-16(9-15)24-11-17(21)22/h4-9H,10-11H2,1-3H3,(H,20,23)(H,21,22). The fourth-order valence-electron chi connectivity index (χ4n) is 2.70. The van der Waals surface area contributed by atoms with Gasteiger partial charge in [0.2, 0.25) is 0 Å². The topological polar surface area (TPSA) is 75.6 Å². The average Bonchev–Trinajstić information content (AvgIpc) is 2.50. The quantitative estimate of drug-likeness (QED) is 0.855. The minimum atomic E-state index is -1.03. The zero-order valence-corrected chi connectivity index (χ0v) is 14.1. The highest BCUT2D eigenvalue weighted by Gasteiger charge is 2.12. The van der Waals surface area contributed by atoms with E-state index < -0.39 is 12.6 Å². The van der Waals surface area contributed by atoms with E-state index >= 15 is 0 Å². The number of carboxylic acid groups (broad SMARTS) is 1. The number of aliphatic carboxylic acids is 1. The van der Waals surface area contributed by atoms with Crippen LogP contribution in [0, 0.1) is 20.8 Å². The third-order valence-corrected chi connectivity index (χ3v) is 3.62. The van der Waals surface area contributed by atoms with E-state index in [-0.39, 0.29) is 5.91 Å². The first-order chi connectivity index (χ1) is 11.4. The molecule has 0 radical (unpaired) electrons. The van der Waals surface area contributed by atoms with Crippen LogP contribution in [0.4, 0.5) is 0 Å². The van der Waals surface area contributed by atoms with E-state index in [9.17, 15) is 9.59 Å². The number of hydrogen-bond donors (Lipinski definition) is 2. The molecule has 5 nitrogen and oxygen atoms in total. The van der Waals surface area contributed by atoms with Crippen molar-refractivity contribution >= 4 is 11.9 Å². The molecule has 2 aromatic rings. The molecule has 0 heterocycles. The fourth-order valence-corrected chi connectivity index (χ4v) is 2.70. The maximum atomic E-state index is 12.5. The molecule has 0 aliphatic carbocycles. The summed E-state index contributed by atoms with van der Waals surface area (Å²) >= 11 is 0. The van der Waals surface area contributed by atoms with Gasteiger partial charge in [0.15, 0.2) is 6.61 Å². The zero-order valence-electron chi connectivity index (χ0n) is 14.1. The van der Waals surface area contributed by atoms with Crippen molar-refractivity contribution in [3.63, 3.8) is 0 Å². The summed E-state index contributed by atoms with van der Waals surface area (Å²) in [6.45, 7) is 5.81. The first kappa shape index (κ1) is 17.5. The second-order valence-corrected chi connectivity index (χ2v) is 5.79. The molecule has 0 aromatic heterocycles. The highest BCUT2D eigenvalue weighted by atomic mass is 16.5. The van der Waals surface area contributed by atoms with Crippen LogP contribution >= 0.6 is 0 Å². The number of hydrogen-bond acceptors (Lipinski definition) is 3. The third kappa shape index (κ3) is 4.59. The van der Waals surface area contributed by atoms with Crippen molar-refractivity contribution in [3.8, 4) is 5.75 Å². The molecule has 0 fully saturated rings. The number of carbonyl (C=O) groups excluding carboxylic acids is 1. The molecule has 0 saturated heterocycles. The molecule has 0 unspecified atom stereocenters. The van der Waals surface area contributed by atoms with Gasteiger partial charge >= 0.3 is 5.97 Å². The van der Waals surface area contributed by atoms with E-state index in [1.807, 2.05) is 39.0 Å². The van der Waals surface area contributed by atoms with Gasteiger partial charge in [-0.15, -0.1) is 0 Å². The van der Waals surface area contributed by atoms with Gasteiger partial charge in [-0.2, -0.15) is 0 Å². The Morgan fingerprint density at radius 3 is 2.38 bits per heavy atom. The smallest absolute Gasteiger partial charge is 0.341 e. The highest BCUT2D eigenvalue weighted by molar-refractivity contribution is 5.97. The molecule has 0 atom stereocenters. The van der Waals surface area contributed by atoms with Crippen LogP contribution in [0.5, 0.6) is 5.75 Å². The van der Waals surface area contributed by atoms with E-state index in [0.29, 0.717) is 17.9 Å². The van der Waals surface area contributed by atoms with Gasteiger partial charge in [0, 0.05) is 12.1 Å². The molecule has 5 heteroatoms. The Morgan fingerprint density at radius 1 is 1.08 bits per heavy atom. The third-order valence-electron chi connectivity index (χ3n) is 3.62. The van der Waals surface area contributed by atoms with Gasteiger partial charge < -0.3 is 15.2 Å². The second kappa shape index (κ2) is 7.64. The summed E-state index contributed by atoms with van der Waals surface area (Å²) in [5.74, 6) is -0.687. The molecule has 0 saturated carbocycles. The van der Waals surface area contributed by atoms with E-state index in [1.165, 1.54) is 0 Å². The van der Waals surface area contributed by atoms with Crippen molar-refractivity contribution < 1.29 is 19.4 Å². The number of aryl methyl sites for hydroxylation is 3. The predicted octanol–water partition coefficient (Wildman–Crippen LogP) is 3.01. The van der Waals surface area contributed by atoms with Gasteiger partial charge in [0.25, 0.3) is 5.91 Å². The Morgan fingerprint density at radius 2 is 1.75 bits per heavy atom. The molecule has 24 heavy (non-hydrogen) atoms. The van der Waals surface area contributed by atoms with Crippen LogP contribution in [0.15, 0.2) is 36.4 Å². The van der Waals surface area contributed by atoms with Gasteiger partial charge in [0.05, 0.1) is 0 Å². The average molecular weight is 327 g/mol. The minimum Gasteiger partial charge on any atom is -0.482 e. The summed E-state index contributed by atoms with van der Waals surface area (Å²) in [7, 11) is 0. The summed E-state index contributed by atoms with van der Waals surface area (Å²) in [6, 6.07) is 11.0. The maximum Gasteiger partial charge on any atom is 0.341 e. The molecule has 0 aliphatic heterocycles. The fraction of sp³-hybridized carbons (Fsp3) is 0.263. The molecule has 2 rings (SSSR count). The van der Waals surface area contributed by atoms with Crippen LogP contribution < -0.4 is 10.1 Å². The second-order valence-electron chi connectivity index (χ2n) is 5.79. The Kier molecular flexibility index (Phi) is 5.58. The van der Waals surface area contributed by atoms with Gasteiger partial charge in [-0.1, -0.05) is 29.8 Å². The predicted molar refractivity (Wildman–Crippen MR) is 91.4 cm³/mol. The molecule has 0 bridgehead atoms. The van der Waals surface area contributed by atoms with Crippen molar-refractivity contribution in [2.75, 3.05) is 6.61 Å².